The van der Waals surface area contributed by atoms with Crippen molar-refractivity contribution in [2.24, 2.45) is 0 Å². The summed E-state index contributed by atoms with van der Waals surface area (Å²) in [5.74, 6) is 0. The van der Waals surface area contributed by atoms with Crippen molar-refractivity contribution in [3.63, 3.8) is 0 Å². The summed E-state index contributed by atoms with van der Waals surface area (Å²) in [4.78, 5) is 0. The van der Waals surface area contributed by atoms with Crippen LogP contribution in [-0.2, 0) is 27.2 Å². The number of rotatable bonds is 14. The molecule has 10 nitrogen and oxygen atoms in total. The molecule has 0 N–H and O–H groups in total. The van der Waals surface area contributed by atoms with E-state index in [2.05, 4.69) is 0 Å². The monoisotopic (exact) mass is 520 g/mol. The Balaban J connectivity index is 3.23. The van der Waals surface area contributed by atoms with E-state index >= 15 is 0 Å². The molecule has 0 aliphatic heterocycles. The van der Waals surface area contributed by atoms with Gasteiger partial charge >= 0.3 is 15.2 Å². The van der Waals surface area contributed by atoms with Crippen molar-refractivity contribution >= 4 is 27.6 Å². The third kappa shape index (κ3) is 6.78. The Labute approximate surface area is 202 Å². The van der Waals surface area contributed by atoms with Crippen LogP contribution in [0.25, 0.3) is 0 Å². The zero-order chi connectivity index (χ0) is 26.2. The Morgan fingerprint density at radius 2 is 0.912 bits per heavy atom. The van der Waals surface area contributed by atoms with Crippen molar-refractivity contribution in [3.05, 3.63) is 45.8 Å². The van der Waals surface area contributed by atoms with Gasteiger partial charge in [0.15, 0.2) is 12.4 Å². The fourth-order valence-electron chi connectivity index (χ4n) is 2.88. The van der Waals surface area contributed by atoms with Crippen molar-refractivity contribution < 1.29 is 36.7 Å². The summed E-state index contributed by atoms with van der Waals surface area (Å²) < 4.78 is 48.7. The molecule has 0 unspecified atom stereocenters. The van der Waals surface area contributed by atoms with Gasteiger partial charge in [0.1, 0.15) is 0 Å². The van der Waals surface area contributed by atoms with E-state index in [4.69, 9.17) is 18.1 Å². The fourth-order valence-corrected chi connectivity index (χ4v) is 6.25. The van der Waals surface area contributed by atoms with Gasteiger partial charge < -0.3 is 28.5 Å². The van der Waals surface area contributed by atoms with Gasteiger partial charge in [0.2, 0.25) is 0 Å². The molecule has 194 valence electrons. The second-order valence-electron chi connectivity index (χ2n) is 8.23. The van der Waals surface area contributed by atoms with Crippen molar-refractivity contribution in [1.29, 1.82) is 0 Å². The maximum atomic E-state index is 13.1. The lowest BCUT2D eigenvalue weighted by Crippen LogP contribution is -2.35. The molecule has 12 heteroatoms. The van der Waals surface area contributed by atoms with E-state index in [0.29, 0.717) is 20.6 Å². The van der Waals surface area contributed by atoms with Crippen molar-refractivity contribution in [2.45, 2.75) is 65.9 Å². The molecule has 1 aromatic rings. The minimum absolute atomic E-state index is 0.140. The highest BCUT2D eigenvalue weighted by Gasteiger charge is 2.52. The van der Waals surface area contributed by atoms with E-state index in [1.54, 1.807) is 52.0 Å². The first-order chi connectivity index (χ1) is 15.7. The Bertz CT molecular complexity index is 861. The maximum Gasteiger partial charge on any atom is 0.401 e. The quantitative estimate of drug-likeness (QED) is 0.103. The molecular formula is C22H38N2O8P2. The normalized spacial score (nSPS) is 14.5. The van der Waals surface area contributed by atoms with Crippen LogP contribution in [0.4, 0.5) is 0 Å². The van der Waals surface area contributed by atoms with Crippen molar-refractivity contribution in [2.75, 3.05) is 26.4 Å². The summed E-state index contributed by atoms with van der Waals surface area (Å²) in [7, 11) is -7.42. The molecule has 0 heterocycles. The maximum absolute atomic E-state index is 13.1. The molecule has 0 fully saturated rings. The van der Waals surface area contributed by atoms with Crippen LogP contribution < -0.4 is 0 Å². The number of hydrogen-bond acceptors (Lipinski definition) is 8. The van der Waals surface area contributed by atoms with Gasteiger partial charge in [-0.2, -0.15) is 9.48 Å². The van der Waals surface area contributed by atoms with Crippen LogP contribution in [0.2, 0.25) is 0 Å². The summed E-state index contributed by atoms with van der Waals surface area (Å²) in [6.07, 6.45) is 2.57. The average Bonchev–Trinajstić information content (AvgIpc) is 2.75. The standard InChI is InChI=1S/C22H38N2O8P2/c1-9-29-33(27,30-10-2)21(5,6)23(25)17-19-13-15-20(16-14-19)18-24(26)22(7,8)34(28,31-11-3)32-12-4/h13-18H,9-12H2,1-8H3/b23-17-,24-18-. The predicted molar refractivity (Wildman–Crippen MR) is 134 cm³/mol. The van der Waals surface area contributed by atoms with Gasteiger partial charge in [-0.05, 0) is 52.0 Å². The number of hydroxylamine groups is 2. The number of nitrogens with zero attached hydrogens (tertiary/aromatic N) is 2. The van der Waals surface area contributed by atoms with Gasteiger partial charge in [-0.25, -0.2) is 0 Å². The Morgan fingerprint density at radius 1 is 0.676 bits per heavy atom. The molecule has 1 aromatic carbocycles. The van der Waals surface area contributed by atoms with Crippen LogP contribution in [0, 0.1) is 10.4 Å². The fraction of sp³-hybridized carbons (Fsp3) is 0.636. The molecular weight excluding hydrogens is 482 g/mol. The Morgan fingerprint density at radius 3 is 1.12 bits per heavy atom. The molecule has 0 aliphatic carbocycles. The first-order valence-corrected chi connectivity index (χ1v) is 14.3. The van der Waals surface area contributed by atoms with Crippen LogP contribution in [0.15, 0.2) is 24.3 Å². The molecule has 0 atom stereocenters. The summed E-state index contributed by atoms with van der Waals surface area (Å²) in [6.45, 7) is 13.3. The van der Waals surface area contributed by atoms with E-state index in [1.165, 1.54) is 40.1 Å². The molecule has 0 spiro atoms. The first-order valence-electron chi connectivity index (χ1n) is 11.3. The van der Waals surface area contributed by atoms with Crippen LogP contribution >= 0.6 is 15.2 Å². The van der Waals surface area contributed by atoms with E-state index in [-0.39, 0.29) is 26.4 Å². The van der Waals surface area contributed by atoms with Gasteiger partial charge in [0.05, 0.1) is 26.4 Å². The SMILES string of the molecule is CCOP(=O)(OCC)C(C)(C)/[N+]([O-])=C/c1ccc(/C=[N+](\[O-])C(C)(C)P(=O)(OCC)OCC)cc1. The highest BCUT2D eigenvalue weighted by molar-refractivity contribution is 7.55. The van der Waals surface area contributed by atoms with Gasteiger partial charge in [-0.3, -0.25) is 9.13 Å². The van der Waals surface area contributed by atoms with E-state index in [0.717, 1.165) is 0 Å². The van der Waals surface area contributed by atoms with Gasteiger partial charge in [0.25, 0.3) is 10.6 Å². The van der Waals surface area contributed by atoms with Gasteiger partial charge in [-0.15, -0.1) is 0 Å². The molecule has 0 aromatic heterocycles. The minimum atomic E-state index is -3.71. The molecule has 1 rings (SSSR count). The highest BCUT2D eigenvalue weighted by atomic mass is 31.2. The zero-order valence-corrected chi connectivity index (χ0v) is 23.1. The molecule has 0 amide bonds. The molecule has 34 heavy (non-hydrogen) atoms. The summed E-state index contributed by atoms with van der Waals surface area (Å²) in [5.41, 5.74) is 1.04. The number of hydrogen-bond donors (Lipinski definition) is 0. The van der Waals surface area contributed by atoms with E-state index in [1.807, 2.05) is 0 Å². The van der Waals surface area contributed by atoms with Gasteiger partial charge in [-0.1, -0.05) is 0 Å². The zero-order valence-electron chi connectivity index (χ0n) is 21.3. The van der Waals surface area contributed by atoms with E-state index in [9.17, 15) is 19.5 Å². The minimum Gasteiger partial charge on any atom is -0.623 e. The molecule has 0 aliphatic rings. The second-order valence-corrected chi connectivity index (χ2v) is 13.4. The lowest BCUT2D eigenvalue weighted by Gasteiger charge is -2.30. The summed E-state index contributed by atoms with van der Waals surface area (Å²) >= 11 is 0. The van der Waals surface area contributed by atoms with Crippen molar-refractivity contribution in [3.8, 4) is 0 Å². The van der Waals surface area contributed by atoms with E-state index < -0.39 is 25.8 Å². The average molecular weight is 521 g/mol. The lowest BCUT2D eigenvalue weighted by molar-refractivity contribution is -0.510. The Kier molecular flexibility index (Phi) is 11.1. The smallest absolute Gasteiger partial charge is 0.401 e. The molecule has 0 saturated heterocycles. The summed E-state index contributed by atoms with van der Waals surface area (Å²) in [5, 5.41) is 22.8. The van der Waals surface area contributed by atoms with Crippen LogP contribution in [-0.4, -0.2) is 58.9 Å². The molecule has 0 saturated carbocycles. The Hall–Kier alpha value is -1.54. The largest absolute Gasteiger partial charge is 0.623 e. The van der Waals surface area contributed by atoms with Crippen LogP contribution in [0.3, 0.4) is 0 Å². The van der Waals surface area contributed by atoms with Crippen LogP contribution in [0.5, 0.6) is 0 Å². The first kappa shape index (κ1) is 30.5. The van der Waals surface area contributed by atoms with Crippen LogP contribution in [0.1, 0.15) is 66.5 Å². The third-order valence-corrected chi connectivity index (χ3v) is 10.6. The predicted octanol–water partition coefficient (Wildman–Crippen LogP) is 5.55. The second kappa shape index (κ2) is 12.4. The van der Waals surface area contributed by atoms with Gasteiger partial charge in [0, 0.05) is 38.8 Å². The summed E-state index contributed by atoms with van der Waals surface area (Å²) in [6, 6.07) is 6.52. The number of benzene rings is 1. The topological polar surface area (TPSA) is 123 Å². The highest BCUT2D eigenvalue weighted by Crippen LogP contribution is 2.60. The molecule has 0 radical (unpaired) electrons. The molecule has 0 bridgehead atoms. The lowest BCUT2D eigenvalue weighted by atomic mass is 10.1. The third-order valence-electron chi connectivity index (χ3n) is 5.08. The van der Waals surface area contributed by atoms with Crippen molar-refractivity contribution in [1.82, 2.24) is 0 Å².